The van der Waals surface area contributed by atoms with Crippen LogP contribution in [0.3, 0.4) is 0 Å². The van der Waals surface area contributed by atoms with Gasteiger partial charge in [-0.3, -0.25) is 9.59 Å². The fourth-order valence-corrected chi connectivity index (χ4v) is 3.81. The van der Waals surface area contributed by atoms with Crippen LogP contribution >= 0.6 is 11.8 Å². The highest BCUT2D eigenvalue weighted by Gasteiger charge is 2.23. The van der Waals surface area contributed by atoms with Gasteiger partial charge in [0.05, 0.1) is 6.04 Å². The van der Waals surface area contributed by atoms with E-state index in [1.807, 2.05) is 0 Å². The molecule has 130 valence electrons. The first-order valence-corrected chi connectivity index (χ1v) is 8.97. The van der Waals surface area contributed by atoms with Crippen molar-refractivity contribution >= 4 is 23.5 Å². The van der Waals surface area contributed by atoms with E-state index >= 15 is 0 Å². The maximum atomic E-state index is 13.5. The Hall–Kier alpha value is -2.34. The molecule has 4 nitrogen and oxygen atoms in total. The number of hydrogen-bond acceptors (Lipinski definition) is 4. The molecule has 1 N–H and O–H groups in total. The number of carbonyl (C=O) groups is 2. The summed E-state index contributed by atoms with van der Waals surface area (Å²) in [5.41, 5.74) is 1.34. The zero-order valence-electron chi connectivity index (χ0n) is 13.8. The van der Waals surface area contributed by atoms with Crippen molar-refractivity contribution in [1.29, 1.82) is 0 Å². The van der Waals surface area contributed by atoms with Crippen LogP contribution in [0.5, 0.6) is 5.75 Å². The number of hydrogen-bond donors (Lipinski definition) is 1. The molecule has 0 aliphatic carbocycles. The van der Waals surface area contributed by atoms with Gasteiger partial charge in [-0.15, -0.1) is 11.8 Å². The highest BCUT2D eigenvalue weighted by atomic mass is 32.2. The first-order chi connectivity index (χ1) is 12.0. The van der Waals surface area contributed by atoms with Gasteiger partial charge in [-0.05, 0) is 49.2 Å². The molecule has 0 fully saturated rings. The van der Waals surface area contributed by atoms with Gasteiger partial charge in [-0.2, -0.15) is 0 Å². The van der Waals surface area contributed by atoms with Gasteiger partial charge in [0.15, 0.2) is 12.4 Å². The molecule has 0 bridgehead atoms. The Labute approximate surface area is 149 Å². The molecule has 0 radical (unpaired) electrons. The van der Waals surface area contributed by atoms with Crippen molar-refractivity contribution in [2.45, 2.75) is 24.3 Å². The van der Waals surface area contributed by atoms with E-state index in [4.69, 9.17) is 4.74 Å². The molecule has 2 aromatic rings. The Kier molecular flexibility index (Phi) is 5.38. The van der Waals surface area contributed by atoms with Crippen LogP contribution in [0.25, 0.3) is 0 Å². The van der Waals surface area contributed by atoms with Crippen molar-refractivity contribution in [3.05, 3.63) is 59.4 Å². The van der Waals surface area contributed by atoms with Crippen molar-refractivity contribution in [1.82, 2.24) is 5.32 Å². The van der Waals surface area contributed by atoms with Crippen LogP contribution in [0, 0.1) is 5.82 Å². The van der Waals surface area contributed by atoms with E-state index in [0.29, 0.717) is 11.3 Å². The number of ketones is 1. The van der Waals surface area contributed by atoms with Gasteiger partial charge in [0.1, 0.15) is 11.6 Å². The van der Waals surface area contributed by atoms with Gasteiger partial charge in [-0.25, -0.2) is 4.39 Å². The van der Waals surface area contributed by atoms with E-state index in [1.54, 1.807) is 42.1 Å². The minimum atomic E-state index is -0.308. The number of thioether (sulfide) groups is 1. The number of nitrogens with one attached hydrogen (secondary N) is 1. The molecule has 1 aliphatic rings. The lowest BCUT2D eigenvalue weighted by atomic mass is 10.0. The van der Waals surface area contributed by atoms with Crippen molar-refractivity contribution in [3.8, 4) is 5.75 Å². The maximum absolute atomic E-state index is 13.5. The van der Waals surface area contributed by atoms with E-state index in [-0.39, 0.29) is 30.2 Å². The van der Waals surface area contributed by atoms with Crippen LogP contribution in [0.4, 0.5) is 4.39 Å². The molecule has 6 heteroatoms. The van der Waals surface area contributed by atoms with E-state index in [0.717, 1.165) is 22.6 Å². The molecule has 3 rings (SSSR count). The van der Waals surface area contributed by atoms with Crippen molar-refractivity contribution in [2.75, 3.05) is 12.4 Å². The number of halogens is 1. The largest absolute Gasteiger partial charge is 0.484 e. The summed E-state index contributed by atoms with van der Waals surface area (Å²) in [6, 6.07) is 11.1. The predicted molar refractivity (Wildman–Crippen MR) is 94.6 cm³/mol. The number of benzene rings is 2. The third-order valence-electron chi connectivity index (χ3n) is 3.96. The summed E-state index contributed by atoms with van der Waals surface area (Å²) >= 11 is 1.66. The Morgan fingerprint density at radius 3 is 2.92 bits per heavy atom. The van der Waals surface area contributed by atoms with Crippen LogP contribution in [-0.4, -0.2) is 24.1 Å². The number of ether oxygens (including phenoxy) is 1. The molecule has 1 atom stereocenters. The summed E-state index contributed by atoms with van der Waals surface area (Å²) in [4.78, 5) is 24.6. The average molecular weight is 359 g/mol. The zero-order valence-corrected chi connectivity index (χ0v) is 14.6. The maximum Gasteiger partial charge on any atom is 0.258 e. The predicted octanol–water partition coefficient (Wildman–Crippen LogP) is 3.76. The number of fused-ring (bicyclic) bond motifs is 1. The number of carbonyl (C=O) groups excluding carboxylic acids is 2. The van der Waals surface area contributed by atoms with Crippen molar-refractivity contribution in [2.24, 2.45) is 0 Å². The van der Waals surface area contributed by atoms with Crippen LogP contribution in [0.2, 0.25) is 0 Å². The number of Topliss-reactive ketones (excluding diaryl/α,β-unsaturated/α-hetero) is 1. The molecule has 0 saturated carbocycles. The minimum absolute atomic E-state index is 0.0618. The zero-order chi connectivity index (χ0) is 17.8. The van der Waals surface area contributed by atoms with Gasteiger partial charge in [0, 0.05) is 16.2 Å². The van der Waals surface area contributed by atoms with Gasteiger partial charge >= 0.3 is 0 Å². The lowest BCUT2D eigenvalue weighted by Gasteiger charge is -2.26. The lowest BCUT2D eigenvalue weighted by Crippen LogP contribution is -2.34. The summed E-state index contributed by atoms with van der Waals surface area (Å²) in [7, 11) is 0. The third-order valence-corrected chi connectivity index (χ3v) is 5.08. The highest BCUT2D eigenvalue weighted by Crippen LogP contribution is 2.36. The standard InChI is InChI=1S/C19H18FNO3S/c1-12(22)13-3-2-4-15(9-13)24-11-19(23)21-17-7-8-25-18-6-5-14(20)10-16(17)18/h2-6,9-10,17H,7-8,11H2,1H3,(H,21,23). The second-order valence-corrected chi connectivity index (χ2v) is 6.95. The molecule has 25 heavy (non-hydrogen) atoms. The molecular weight excluding hydrogens is 341 g/mol. The van der Waals surface area contributed by atoms with Crippen molar-refractivity contribution < 1.29 is 18.7 Å². The smallest absolute Gasteiger partial charge is 0.258 e. The quantitative estimate of drug-likeness (QED) is 0.826. The lowest BCUT2D eigenvalue weighted by molar-refractivity contribution is -0.123. The van der Waals surface area contributed by atoms with Gasteiger partial charge in [0.2, 0.25) is 0 Å². The molecule has 1 aliphatic heterocycles. The molecule has 2 aromatic carbocycles. The first kappa shape index (κ1) is 17.5. The second-order valence-electron chi connectivity index (χ2n) is 5.81. The van der Waals surface area contributed by atoms with E-state index in [2.05, 4.69) is 5.32 Å². The summed E-state index contributed by atoms with van der Waals surface area (Å²) in [5, 5.41) is 2.90. The van der Waals surface area contributed by atoms with Crippen LogP contribution < -0.4 is 10.1 Å². The Bertz CT molecular complexity index is 809. The Morgan fingerprint density at radius 2 is 2.12 bits per heavy atom. The molecule has 0 saturated heterocycles. The Balaban J connectivity index is 1.61. The number of amides is 1. The van der Waals surface area contributed by atoms with Crippen LogP contribution in [0.15, 0.2) is 47.4 Å². The van der Waals surface area contributed by atoms with E-state index < -0.39 is 0 Å². The first-order valence-electron chi connectivity index (χ1n) is 7.98. The fraction of sp³-hybridized carbons (Fsp3) is 0.263. The second kappa shape index (κ2) is 7.70. The van der Waals surface area contributed by atoms with Crippen LogP contribution in [0.1, 0.15) is 35.3 Å². The number of rotatable bonds is 5. The van der Waals surface area contributed by atoms with Gasteiger partial charge in [-0.1, -0.05) is 12.1 Å². The normalized spacial score (nSPS) is 16.0. The monoisotopic (exact) mass is 359 g/mol. The summed E-state index contributed by atoms with van der Waals surface area (Å²) < 4.78 is 19.0. The Morgan fingerprint density at radius 1 is 1.28 bits per heavy atom. The van der Waals surface area contributed by atoms with Gasteiger partial charge < -0.3 is 10.1 Å². The molecule has 1 heterocycles. The molecule has 1 amide bonds. The highest BCUT2D eigenvalue weighted by molar-refractivity contribution is 7.99. The third kappa shape index (κ3) is 4.39. The van der Waals surface area contributed by atoms with E-state index in [9.17, 15) is 14.0 Å². The van der Waals surface area contributed by atoms with Crippen molar-refractivity contribution in [3.63, 3.8) is 0 Å². The fourth-order valence-electron chi connectivity index (χ4n) is 2.70. The topological polar surface area (TPSA) is 55.4 Å². The molecular formula is C19H18FNO3S. The molecule has 0 aromatic heterocycles. The van der Waals surface area contributed by atoms with Gasteiger partial charge in [0.25, 0.3) is 5.91 Å². The summed E-state index contributed by atoms with van der Waals surface area (Å²) in [5.74, 6) is 0.685. The van der Waals surface area contributed by atoms with Crippen LogP contribution in [-0.2, 0) is 4.79 Å². The molecule has 0 spiro atoms. The SMILES string of the molecule is CC(=O)c1cccc(OCC(=O)NC2CCSc3ccc(F)cc32)c1. The summed E-state index contributed by atoms with van der Waals surface area (Å²) in [6.45, 7) is 1.32. The molecule has 1 unspecified atom stereocenters. The minimum Gasteiger partial charge on any atom is -0.484 e. The average Bonchev–Trinajstić information content (AvgIpc) is 2.61. The van der Waals surface area contributed by atoms with E-state index in [1.165, 1.54) is 19.1 Å². The summed E-state index contributed by atoms with van der Waals surface area (Å²) in [6.07, 6.45) is 0.743.